The topological polar surface area (TPSA) is 73.6 Å². The largest absolute Gasteiger partial charge is 0.323 e. The Morgan fingerprint density at radius 1 is 1.58 bits per heavy atom. The Balaban J connectivity index is 3.08. The molecule has 0 amide bonds. The molecule has 0 saturated heterocycles. The summed E-state index contributed by atoms with van der Waals surface area (Å²) in [6, 6.07) is 3.75. The molecule has 0 saturated carbocycles. The van der Waals surface area contributed by atoms with Gasteiger partial charge in [0.1, 0.15) is 0 Å². The van der Waals surface area contributed by atoms with Crippen LogP contribution < -0.4 is 5.73 Å². The van der Waals surface area contributed by atoms with Gasteiger partial charge < -0.3 is 5.73 Å². The van der Waals surface area contributed by atoms with Crippen LogP contribution in [-0.4, -0.2) is 6.04 Å². The summed E-state index contributed by atoms with van der Waals surface area (Å²) in [5, 5.41) is 17.4. The highest BCUT2D eigenvalue weighted by atomic mass is 14.7. The fraction of sp³-hybridized carbons (Fsp3) is 0.333. The lowest BCUT2D eigenvalue weighted by Crippen LogP contribution is -2.37. The number of hydrogen-bond acceptors (Lipinski definition) is 3. The summed E-state index contributed by atoms with van der Waals surface area (Å²) in [5.74, 6) is 0. The molecule has 1 rings (SSSR count). The third-order valence-electron chi connectivity index (χ3n) is 2.00. The molecule has 60 valence electrons. The highest BCUT2D eigenvalue weighted by molar-refractivity contribution is 5.42. The molecular weight excluding hydrogens is 150 g/mol. The summed E-state index contributed by atoms with van der Waals surface area (Å²) in [7, 11) is 0. The Kier molecular flexibility index (Phi) is 1.99. The number of nitrogens with two attached hydrogens (primary N) is 1. The first kappa shape index (κ1) is 8.52. The predicted molar refractivity (Wildman–Crippen MR) is 44.5 cm³/mol. The van der Waals surface area contributed by atoms with Crippen LogP contribution in [0.2, 0.25) is 0 Å². The summed E-state index contributed by atoms with van der Waals surface area (Å²) < 4.78 is 0. The molecule has 1 aliphatic carbocycles. The maximum atomic E-state index is 8.82. The second kappa shape index (κ2) is 2.81. The van der Waals surface area contributed by atoms with Crippen molar-refractivity contribution in [3.05, 3.63) is 23.8 Å². The Bertz CT molecular complexity index is 327. The maximum absolute atomic E-state index is 8.82. The zero-order valence-corrected chi connectivity index (χ0v) is 6.78. The SMILES string of the molecule is CC1(C#N)C=C(C#N)C=CC1N. The highest BCUT2D eigenvalue weighted by Crippen LogP contribution is 2.27. The molecule has 2 unspecified atom stereocenters. The van der Waals surface area contributed by atoms with Gasteiger partial charge in [-0.2, -0.15) is 10.5 Å². The van der Waals surface area contributed by atoms with Crippen LogP contribution in [0.4, 0.5) is 0 Å². The molecule has 0 bridgehead atoms. The van der Waals surface area contributed by atoms with Crippen LogP contribution in [0.1, 0.15) is 6.92 Å². The van der Waals surface area contributed by atoms with Crippen molar-refractivity contribution in [2.75, 3.05) is 0 Å². The normalized spacial score (nSPS) is 33.3. The van der Waals surface area contributed by atoms with Crippen molar-refractivity contribution in [1.29, 1.82) is 10.5 Å². The number of rotatable bonds is 0. The van der Waals surface area contributed by atoms with E-state index < -0.39 is 5.41 Å². The van der Waals surface area contributed by atoms with Crippen molar-refractivity contribution in [3.63, 3.8) is 0 Å². The molecule has 0 fully saturated rings. The molecule has 0 heterocycles. The van der Waals surface area contributed by atoms with Gasteiger partial charge in [0, 0.05) is 11.6 Å². The quantitative estimate of drug-likeness (QED) is 0.569. The van der Waals surface area contributed by atoms with E-state index >= 15 is 0 Å². The zero-order valence-electron chi connectivity index (χ0n) is 6.78. The zero-order chi connectivity index (χ0) is 9.19. The van der Waals surface area contributed by atoms with Gasteiger partial charge in [-0.05, 0) is 19.1 Å². The summed E-state index contributed by atoms with van der Waals surface area (Å²) in [5.41, 5.74) is 5.44. The Hall–Kier alpha value is -1.58. The first-order valence-electron chi connectivity index (χ1n) is 3.60. The van der Waals surface area contributed by atoms with Crippen LogP contribution >= 0.6 is 0 Å². The minimum Gasteiger partial charge on any atom is -0.323 e. The summed E-state index contributed by atoms with van der Waals surface area (Å²) in [4.78, 5) is 0. The van der Waals surface area contributed by atoms with E-state index in [0.717, 1.165) is 0 Å². The van der Waals surface area contributed by atoms with E-state index in [-0.39, 0.29) is 6.04 Å². The van der Waals surface area contributed by atoms with Gasteiger partial charge in [0.15, 0.2) is 0 Å². The van der Waals surface area contributed by atoms with Gasteiger partial charge in [-0.15, -0.1) is 0 Å². The summed E-state index contributed by atoms with van der Waals surface area (Å²) >= 11 is 0. The molecule has 0 aromatic heterocycles. The van der Waals surface area contributed by atoms with E-state index in [0.29, 0.717) is 5.57 Å². The first-order valence-corrected chi connectivity index (χ1v) is 3.60. The van der Waals surface area contributed by atoms with Crippen molar-refractivity contribution in [1.82, 2.24) is 0 Å². The Labute approximate surface area is 71.4 Å². The summed E-state index contributed by atoms with van der Waals surface area (Å²) in [6.07, 6.45) is 4.93. The van der Waals surface area contributed by atoms with Crippen LogP contribution in [0.15, 0.2) is 23.8 Å². The lowest BCUT2D eigenvalue weighted by molar-refractivity contribution is 0.492. The van der Waals surface area contributed by atoms with Crippen molar-refractivity contribution < 1.29 is 0 Å². The molecule has 0 aromatic carbocycles. The predicted octanol–water partition coefficient (Wildman–Crippen LogP) is 0.863. The molecule has 2 atom stereocenters. The van der Waals surface area contributed by atoms with Crippen molar-refractivity contribution >= 4 is 0 Å². The van der Waals surface area contributed by atoms with Gasteiger partial charge in [0.25, 0.3) is 0 Å². The van der Waals surface area contributed by atoms with Gasteiger partial charge in [-0.25, -0.2) is 0 Å². The fourth-order valence-corrected chi connectivity index (χ4v) is 1.05. The molecule has 0 radical (unpaired) electrons. The van der Waals surface area contributed by atoms with Crippen LogP contribution in [0.25, 0.3) is 0 Å². The molecule has 0 aliphatic heterocycles. The molecule has 2 N–H and O–H groups in total. The van der Waals surface area contributed by atoms with Crippen LogP contribution in [0, 0.1) is 28.1 Å². The number of hydrogen-bond donors (Lipinski definition) is 1. The summed E-state index contributed by atoms with van der Waals surface area (Å²) in [6.45, 7) is 1.72. The minimum atomic E-state index is -0.736. The van der Waals surface area contributed by atoms with E-state index in [9.17, 15) is 0 Å². The van der Waals surface area contributed by atoms with Gasteiger partial charge in [-0.3, -0.25) is 0 Å². The van der Waals surface area contributed by atoms with Crippen molar-refractivity contribution in [2.45, 2.75) is 13.0 Å². The molecule has 12 heavy (non-hydrogen) atoms. The van der Waals surface area contributed by atoms with Crippen LogP contribution in [0.5, 0.6) is 0 Å². The second-order valence-corrected chi connectivity index (χ2v) is 2.99. The highest BCUT2D eigenvalue weighted by Gasteiger charge is 2.30. The van der Waals surface area contributed by atoms with E-state index in [1.807, 2.05) is 6.07 Å². The first-order chi connectivity index (χ1) is 5.62. The average Bonchev–Trinajstić information content (AvgIpc) is 2.10. The van der Waals surface area contributed by atoms with Crippen molar-refractivity contribution in [2.24, 2.45) is 11.1 Å². The second-order valence-electron chi connectivity index (χ2n) is 2.99. The van der Waals surface area contributed by atoms with Crippen LogP contribution in [0.3, 0.4) is 0 Å². The molecule has 1 aliphatic rings. The number of allylic oxidation sites excluding steroid dienone is 2. The lowest BCUT2D eigenvalue weighted by atomic mass is 9.79. The monoisotopic (exact) mass is 159 g/mol. The van der Waals surface area contributed by atoms with E-state index in [1.165, 1.54) is 0 Å². The van der Waals surface area contributed by atoms with Crippen LogP contribution in [-0.2, 0) is 0 Å². The third-order valence-corrected chi connectivity index (χ3v) is 2.00. The van der Waals surface area contributed by atoms with Crippen molar-refractivity contribution in [3.8, 4) is 12.1 Å². The number of nitriles is 2. The van der Waals surface area contributed by atoms with Gasteiger partial charge in [-0.1, -0.05) is 6.08 Å². The maximum Gasteiger partial charge on any atom is 0.0988 e. The van der Waals surface area contributed by atoms with E-state index in [4.69, 9.17) is 16.3 Å². The lowest BCUT2D eigenvalue weighted by Gasteiger charge is -2.25. The average molecular weight is 159 g/mol. The van der Waals surface area contributed by atoms with Gasteiger partial charge >= 0.3 is 0 Å². The Morgan fingerprint density at radius 2 is 2.25 bits per heavy atom. The Morgan fingerprint density at radius 3 is 2.75 bits per heavy atom. The third kappa shape index (κ3) is 1.23. The molecular formula is C9H9N3. The van der Waals surface area contributed by atoms with E-state index in [1.54, 1.807) is 25.2 Å². The molecule has 0 aromatic rings. The minimum absolute atomic E-state index is 0.320. The molecule has 3 heteroatoms. The standard InChI is InChI=1S/C9H9N3/c1-9(6-11)4-7(5-10)2-3-8(9)12/h2-4,8H,12H2,1H3. The smallest absolute Gasteiger partial charge is 0.0988 e. The molecule has 0 spiro atoms. The van der Waals surface area contributed by atoms with Gasteiger partial charge in [0.2, 0.25) is 0 Å². The van der Waals surface area contributed by atoms with E-state index in [2.05, 4.69) is 6.07 Å². The molecule has 3 nitrogen and oxygen atoms in total. The fourth-order valence-electron chi connectivity index (χ4n) is 1.05. The number of nitrogens with zero attached hydrogens (tertiary/aromatic N) is 2. The van der Waals surface area contributed by atoms with Gasteiger partial charge in [0.05, 0.1) is 17.6 Å².